The summed E-state index contributed by atoms with van der Waals surface area (Å²) in [6.07, 6.45) is 0. The molecular formula is C9H7BrClFO. The van der Waals surface area contributed by atoms with E-state index in [2.05, 4.69) is 15.9 Å². The van der Waals surface area contributed by atoms with Crippen LogP contribution in [-0.2, 0) is 4.79 Å². The summed E-state index contributed by atoms with van der Waals surface area (Å²) in [7, 11) is 0. The van der Waals surface area contributed by atoms with Crippen LogP contribution in [0.4, 0.5) is 4.39 Å². The second-order valence-corrected chi connectivity index (χ2v) is 3.90. The maximum Gasteiger partial charge on any atom is 0.228 e. The average molecular weight is 266 g/mol. The fraction of sp³-hybridized carbons (Fsp3) is 0.222. The quantitative estimate of drug-likeness (QED) is 0.749. The number of rotatable bonds is 2. The molecule has 0 bridgehead atoms. The lowest BCUT2D eigenvalue weighted by Crippen LogP contribution is -2.04. The minimum absolute atomic E-state index is 0.314. The molecule has 0 aliphatic heterocycles. The first-order valence-electron chi connectivity index (χ1n) is 3.67. The monoisotopic (exact) mass is 264 g/mol. The molecule has 1 aromatic rings. The third-order valence-corrected chi connectivity index (χ3v) is 2.73. The Morgan fingerprint density at radius 1 is 1.62 bits per heavy atom. The molecule has 0 spiro atoms. The Morgan fingerprint density at radius 2 is 2.23 bits per heavy atom. The van der Waals surface area contributed by atoms with E-state index in [0.29, 0.717) is 10.0 Å². The second-order valence-electron chi connectivity index (χ2n) is 2.67. The van der Waals surface area contributed by atoms with Crippen LogP contribution in [0.2, 0.25) is 0 Å². The zero-order valence-corrected chi connectivity index (χ0v) is 9.19. The topological polar surface area (TPSA) is 17.1 Å². The average Bonchev–Trinajstić information content (AvgIpc) is 2.08. The van der Waals surface area contributed by atoms with Crippen molar-refractivity contribution in [2.75, 3.05) is 0 Å². The summed E-state index contributed by atoms with van der Waals surface area (Å²) in [5.41, 5.74) is 0.314. The van der Waals surface area contributed by atoms with Gasteiger partial charge < -0.3 is 0 Å². The fourth-order valence-electron chi connectivity index (χ4n) is 0.977. The van der Waals surface area contributed by atoms with Gasteiger partial charge in [0.2, 0.25) is 5.24 Å². The van der Waals surface area contributed by atoms with Gasteiger partial charge in [-0.15, -0.1) is 0 Å². The molecule has 13 heavy (non-hydrogen) atoms. The van der Waals surface area contributed by atoms with E-state index in [1.807, 2.05) is 0 Å². The van der Waals surface area contributed by atoms with Crippen LogP contribution >= 0.6 is 27.5 Å². The Bertz CT molecular complexity index is 340. The van der Waals surface area contributed by atoms with Crippen LogP contribution in [0.3, 0.4) is 0 Å². The van der Waals surface area contributed by atoms with Gasteiger partial charge in [-0.2, -0.15) is 0 Å². The largest absolute Gasteiger partial charge is 0.281 e. The van der Waals surface area contributed by atoms with E-state index in [-0.39, 0.29) is 0 Å². The number of hydrogen-bond acceptors (Lipinski definition) is 1. The Labute approximate surface area is 89.0 Å². The Kier molecular flexibility index (Phi) is 3.45. The molecule has 0 aliphatic rings. The maximum atomic E-state index is 13.4. The number of halogens is 3. The molecule has 0 aliphatic carbocycles. The highest BCUT2D eigenvalue weighted by molar-refractivity contribution is 9.10. The predicted octanol–water partition coefficient (Wildman–Crippen LogP) is 3.46. The standard InChI is InChI=1S/C9H7BrClFO/c1-5(9(11)13)6-3-2-4-7(10)8(6)12/h2-5H,1H3. The molecule has 4 heteroatoms. The van der Waals surface area contributed by atoms with E-state index in [9.17, 15) is 9.18 Å². The lowest BCUT2D eigenvalue weighted by Gasteiger charge is -2.08. The lowest BCUT2D eigenvalue weighted by atomic mass is 10.0. The normalized spacial score (nSPS) is 12.6. The third kappa shape index (κ3) is 2.29. The van der Waals surface area contributed by atoms with Crippen molar-refractivity contribution in [3.63, 3.8) is 0 Å². The molecule has 0 N–H and O–H groups in total. The first-order valence-corrected chi connectivity index (χ1v) is 4.84. The number of carbonyl (C=O) groups excluding carboxylic acids is 1. The molecular weight excluding hydrogens is 258 g/mol. The van der Waals surface area contributed by atoms with Crippen LogP contribution in [-0.4, -0.2) is 5.24 Å². The highest BCUT2D eigenvalue weighted by atomic mass is 79.9. The van der Waals surface area contributed by atoms with E-state index in [4.69, 9.17) is 11.6 Å². The third-order valence-electron chi connectivity index (χ3n) is 1.79. The van der Waals surface area contributed by atoms with Crippen molar-refractivity contribution < 1.29 is 9.18 Å². The van der Waals surface area contributed by atoms with Gasteiger partial charge in [-0.05, 0) is 33.6 Å². The Balaban J connectivity index is 3.15. The molecule has 0 radical (unpaired) electrons. The fourth-order valence-corrected chi connectivity index (χ4v) is 1.48. The van der Waals surface area contributed by atoms with Crippen LogP contribution in [0.5, 0.6) is 0 Å². The van der Waals surface area contributed by atoms with Gasteiger partial charge in [0.1, 0.15) is 5.82 Å². The molecule has 1 atom stereocenters. The molecule has 0 saturated heterocycles. The highest BCUT2D eigenvalue weighted by Crippen LogP contribution is 2.26. The maximum absolute atomic E-state index is 13.4. The lowest BCUT2D eigenvalue weighted by molar-refractivity contribution is -0.112. The minimum Gasteiger partial charge on any atom is -0.281 e. The summed E-state index contributed by atoms with van der Waals surface area (Å²) in [5, 5.41) is -0.558. The van der Waals surface area contributed by atoms with Crippen molar-refractivity contribution >= 4 is 32.8 Å². The van der Waals surface area contributed by atoms with Gasteiger partial charge in [-0.25, -0.2) is 4.39 Å². The van der Waals surface area contributed by atoms with Gasteiger partial charge >= 0.3 is 0 Å². The summed E-state index contributed by atoms with van der Waals surface area (Å²) in [6, 6.07) is 4.79. The van der Waals surface area contributed by atoms with Gasteiger partial charge in [0, 0.05) is 5.56 Å². The Morgan fingerprint density at radius 3 is 2.77 bits per heavy atom. The van der Waals surface area contributed by atoms with E-state index in [1.54, 1.807) is 25.1 Å². The van der Waals surface area contributed by atoms with E-state index < -0.39 is 17.0 Å². The molecule has 70 valence electrons. The van der Waals surface area contributed by atoms with Crippen LogP contribution in [0.25, 0.3) is 0 Å². The summed E-state index contributed by atoms with van der Waals surface area (Å²) in [5.74, 6) is -1.04. The molecule has 0 aromatic heterocycles. The van der Waals surface area contributed by atoms with E-state index in [0.717, 1.165) is 0 Å². The van der Waals surface area contributed by atoms with Crippen LogP contribution in [0.1, 0.15) is 18.4 Å². The van der Waals surface area contributed by atoms with Crippen molar-refractivity contribution in [3.05, 3.63) is 34.1 Å². The second kappa shape index (κ2) is 4.20. The molecule has 0 amide bonds. The van der Waals surface area contributed by atoms with Gasteiger partial charge in [0.05, 0.1) is 10.4 Å². The van der Waals surface area contributed by atoms with Crippen molar-refractivity contribution in [1.82, 2.24) is 0 Å². The molecule has 1 nitrogen and oxygen atoms in total. The summed E-state index contributed by atoms with van der Waals surface area (Å²) in [6.45, 7) is 1.57. The number of benzene rings is 1. The Hall–Kier alpha value is -0.410. The smallest absolute Gasteiger partial charge is 0.228 e. The van der Waals surface area contributed by atoms with Gasteiger partial charge in [0.15, 0.2) is 0 Å². The minimum atomic E-state index is -0.612. The molecule has 1 unspecified atom stereocenters. The summed E-state index contributed by atoms with van der Waals surface area (Å²) < 4.78 is 13.7. The van der Waals surface area contributed by atoms with Gasteiger partial charge in [-0.1, -0.05) is 19.1 Å². The van der Waals surface area contributed by atoms with Crippen LogP contribution in [0.15, 0.2) is 22.7 Å². The number of carbonyl (C=O) groups is 1. The number of hydrogen-bond donors (Lipinski definition) is 0. The van der Waals surface area contributed by atoms with Crippen molar-refractivity contribution in [2.45, 2.75) is 12.8 Å². The zero-order chi connectivity index (χ0) is 10.0. The van der Waals surface area contributed by atoms with Crippen LogP contribution in [0, 0.1) is 5.82 Å². The van der Waals surface area contributed by atoms with Crippen molar-refractivity contribution in [1.29, 1.82) is 0 Å². The van der Waals surface area contributed by atoms with Crippen molar-refractivity contribution in [3.8, 4) is 0 Å². The van der Waals surface area contributed by atoms with Crippen molar-refractivity contribution in [2.24, 2.45) is 0 Å². The molecule has 0 heterocycles. The molecule has 1 aromatic carbocycles. The van der Waals surface area contributed by atoms with Gasteiger partial charge in [-0.3, -0.25) is 4.79 Å². The van der Waals surface area contributed by atoms with Gasteiger partial charge in [0.25, 0.3) is 0 Å². The highest BCUT2D eigenvalue weighted by Gasteiger charge is 2.17. The summed E-state index contributed by atoms with van der Waals surface area (Å²) in [4.78, 5) is 10.8. The molecule has 1 rings (SSSR count). The SMILES string of the molecule is CC(C(=O)Cl)c1cccc(Br)c1F. The molecule has 0 fully saturated rings. The first-order chi connectivity index (χ1) is 6.04. The predicted molar refractivity (Wildman–Crippen MR) is 53.4 cm³/mol. The first kappa shape index (κ1) is 10.7. The zero-order valence-electron chi connectivity index (χ0n) is 6.85. The van der Waals surface area contributed by atoms with E-state index in [1.165, 1.54) is 0 Å². The van der Waals surface area contributed by atoms with Crippen LogP contribution < -0.4 is 0 Å². The summed E-state index contributed by atoms with van der Waals surface area (Å²) >= 11 is 8.30. The van der Waals surface area contributed by atoms with E-state index >= 15 is 0 Å². The molecule has 0 saturated carbocycles.